The third-order valence-electron chi connectivity index (χ3n) is 4.87. The number of aromatic nitrogens is 1. The van der Waals surface area contributed by atoms with Crippen molar-refractivity contribution in [1.29, 1.82) is 0 Å². The van der Waals surface area contributed by atoms with E-state index in [0.29, 0.717) is 36.9 Å². The van der Waals surface area contributed by atoms with Gasteiger partial charge in [-0.2, -0.15) is 13.2 Å². The van der Waals surface area contributed by atoms with Gasteiger partial charge >= 0.3 is 6.18 Å². The lowest BCUT2D eigenvalue weighted by Gasteiger charge is -2.23. The quantitative estimate of drug-likeness (QED) is 0.907. The first-order chi connectivity index (χ1) is 11.9. The van der Waals surface area contributed by atoms with E-state index in [0.717, 1.165) is 24.7 Å². The minimum absolute atomic E-state index is 0.284. The highest BCUT2D eigenvalue weighted by Gasteiger charge is 2.36. The lowest BCUT2D eigenvalue weighted by molar-refractivity contribution is -0.137. The maximum absolute atomic E-state index is 13.0. The average Bonchev–Trinajstić information content (AvgIpc) is 3.20. The van der Waals surface area contributed by atoms with Crippen LogP contribution in [0.1, 0.15) is 54.0 Å². The first-order valence-corrected chi connectivity index (χ1v) is 8.44. The van der Waals surface area contributed by atoms with E-state index < -0.39 is 17.8 Å². The molecule has 0 radical (unpaired) electrons. The van der Waals surface area contributed by atoms with E-state index in [4.69, 9.17) is 4.42 Å². The first-order valence-electron chi connectivity index (χ1n) is 8.44. The molecule has 134 valence electrons. The maximum atomic E-state index is 13.0. The van der Waals surface area contributed by atoms with Crippen LogP contribution < -0.4 is 0 Å². The van der Waals surface area contributed by atoms with Crippen LogP contribution in [-0.2, 0) is 12.7 Å². The summed E-state index contributed by atoms with van der Waals surface area (Å²) >= 11 is 0. The minimum Gasteiger partial charge on any atom is -0.444 e. The van der Waals surface area contributed by atoms with E-state index in [9.17, 15) is 18.3 Å². The van der Waals surface area contributed by atoms with Gasteiger partial charge in [0, 0.05) is 18.5 Å². The molecular formula is C18H19F3N2O2. The number of alkyl halides is 3. The van der Waals surface area contributed by atoms with E-state index >= 15 is 0 Å². The molecule has 1 aliphatic heterocycles. The van der Waals surface area contributed by atoms with Gasteiger partial charge in [-0.05, 0) is 37.0 Å². The van der Waals surface area contributed by atoms with Crippen LogP contribution >= 0.6 is 0 Å². The standard InChI is InChI=1S/C18H19F3N2O2/c19-18(20,21)13-3-1-2-12(6-13)15-7-14(24)9-23(15)10-17-22-8-16(25-17)11-4-5-11/h1-3,6,8,11,14-15,24H,4-5,7,9-10H2/t14-,15+/m0/s1. The van der Waals surface area contributed by atoms with Crippen molar-refractivity contribution < 1.29 is 22.7 Å². The van der Waals surface area contributed by atoms with Gasteiger partial charge in [-0.25, -0.2) is 4.98 Å². The molecular weight excluding hydrogens is 333 g/mol. The Morgan fingerprint density at radius 2 is 2.08 bits per heavy atom. The van der Waals surface area contributed by atoms with Crippen LogP contribution in [0, 0.1) is 0 Å². The van der Waals surface area contributed by atoms with Crippen molar-refractivity contribution in [2.24, 2.45) is 0 Å². The number of hydrogen-bond donors (Lipinski definition) is 1. The van der Waals surface area contributed by atoms with Crippen LogP contribution in [0.4, 0.5) is 13.2 Å². The topological polar surface area (TPSA) is 49.5 Å². The second-order valence-electron chi connectivity index (χ2n) is 6.89. The van der Waals surface area contributed by atoms with Crippen molar-refractivity contribution in [2.45, 2.75) is 50.0 Å². The Bertz CT molecular complexity index is 755. The molecule has 4 rings (SSSR count). The predicted octanol–water partition coefficient (Wildman–Crippen LogP) is 3.88. The van der Waals surface area contributed by atoms with Crippen LogP contribution in [0.15, 0.2) is 34.9 Å². The number of nitrogens with zero attached hydrogens (tertiary/aromatic N) is 2. The molecule has 0 amide bonds. The van der Waals surface area contributed by atoms with Crippen LogP contribution in [0.2, 0.25) is 0 Å². The van der Waals surface area contributed by atoms with Gasteiger partial charge in [-0.3, -0.25) is 4.90 Å². The van der Waals surface area contributed by atoms with E-state index in [1.54, 1.807) is 12.3 Å². The third-order valence-corrected chi connectivity index (χ3v) is 4.87. The number of β-amino-alcohol motifs (C(OH)–C–C–N with tert-alkyl or cyclic N) is 1. The summed E-state index contributed by atoms with van der Waals surface area (Å²) < 4.78 is 44.7. The predicted molar refractivity (Wildman–Crippen MR) is 83.7 cm³/mol. The van der Waals surface area contributed by atoms with Crippen molar-refractivity contribution in [3.8, 4) is 0 Å². The molecule has 1 aliphatic carbocycles. The summed E-state index contributed by atoms with van der Waals surface area (Å²) in [5, 5.41) is 10.0. The summed E-state index contributed by atoms with van der Waals surface area (Å²) in [6.45, 7) is 0.771. The Balaban J connectivity index is 1.54. The van der Waals surface area contributed by atoms with Crippen molar-refractivity contribution in [3.63, 3.8) is 0 Å². The Morgan fingerprint density at radius 3 is 2.80 bits per heavy atom. The summed E-state index contributed by atoms with van der Waals surface area (Å²) in [6.07, 6.45) is -0.582. The van der Waals surface area contributed by atoms with Gasteiger partial charge in [-0.15, -0.1) is 0 Å². The number of oxazole rings is 1. The molecule has 2 aromatic rings. The highest BCUT2D eigenvalue weighted by atomic mass is 19.4. The Kier molecular flexibility index (Phi) is 4.08. The van der Waals surface area contributed by atoms with Crippen LogP contribution in [0.3, 0.4) is 0 Å². The van der Waals surface area contributed by atoms with Crippen molar-refractivity contribution in [1.82, 2.24) is 9.88 Å². The van der Waals surface area contributed by atoms with E-state index in [-0.39, 0.29) is 6.04 Å². The Hall–Kier alpha value is -1.86. The van der Waals surface area contributed by atoms with Gasteiger partial charge in [0.05, 0.1) is 24.4 Å². The monoisotopic (exact) mass is 352 g/mol. The Morgan fingerprint density at radius 1 is 1.28 bits per heavy atom. The van der Waals surface area contributed by atoms with Gasteiger partial charge < -0.3 is 9.52 Å². The molecule has 1 aromatic carbocycles. The normalized spacial score (nSPS) is 24.8. The lowest BCUT2D eigenvalue weighted by atomic mass is 10.0. The molecule has 2 atom stereocenters. The molecule has 1 saturated heterocycles. The second-order valence-corrected chi connectivity index (χ2v) is 6.89. The number of halogens is 3. The molecule has 1 saturated carbocycles. The fourth-order valence-corrected chi connectivity index (χ4v) is 3.45. The van der Waals surface area contributed by atoms with E-state index in [2.05, 4.69) is 4.98 Å². The number of hydrogen-bond acceptors (Lipinski definition) is 4. The van der Waals surface area contributed by atoms with Crippen LogP contribution in [-0.4, -0.2) is 27.6 Å². The summed E-state index contributed by atoms with van der Waals surface area (Å²) in [5.41, 5.74) is -0.112. The molecule has 4 nitrogen and oxygen atoms in total. The van der Waals surface area contributed by atoms with E-state index in [1.165, 1.54) is 12.1 Å². The molecule has 0 unspecified atom stereocenters. The minimum atomic E-state index is -4.38. The van der Waals surface area contributed by atoms with Gasteiger partial charge in [0.15, 0.2) is 0 Å². The zero-order chi connectivity index (χ0) is 17.6. The molecule has 0 spiro atoms. The molecule has 2 aliphatic rings. The lowest BCUT2D eigenvalue weighted by Crippen LogP contribution is -2.24. The van der Waals surface area contributed by atoms with Gasteiger partial charge in [0.25, 0.3) is 0 Å². The average molecular weight is 352 g/mol. The number of likely N-dealkylation sites (tertiary alicyclic amines) is 1. The van der Waals surface area contributed by atoms with Crippen molar-refractivity contribution in [3.05, 3.63) is 53.2 Å². The van der Waals surface area contributed by atoms with Crippen LogP contribution in [0.5, 0.6) is 0 Å². The smallest absolute Gasteiger partial charge is 0.416 e. The SMILES string of the molecule is O[C@H]1C[C@H](c2cccc(C(F)(F)F)c2)N(Cc2ncc(C3CC3)o2)C1. The number of rotatable bonds is 4. The summed E-state index contributed by atoms with van der Waals surface area (Å²) in [5.74, 6) is 1.89. The zero-order valence-corrected chi connectivity index (χ0v) is 13.5. The number of benzene rings is 1. The molecule has 25 heavy (non-hydrogen) atoms. The highest BCUT2D eigenvalue weighted by Crippen LogP contribution is 2.41. The number of aliphatic hydroxyl groups is 1. The summed E-state index contributed by atoms with van der Waals surface area (Å²) in [7, 11) is 0. The molecule has 0 bridgehead atoms. The maximum Gasteiger partial charge on any atom is 0.416 e. The van der Waals surface area contributed by atoms with Gasteiger partial charge in [0.2, 0.25) is 5.89 Å². The van der Waals surface area contributed by atoms with Crippen molar-refractivity contribution in [2.75, 3.05) is 6.54 Å². The summed E-state index contributed by atoms with van der Waals surface area (Å²) in [6, 6.07) is 5.04. The molecule has 7 heteroatoms. The van der Waals surface area contributed by atoms with Crippen LogP contribution in [0.25, 0.3) is 0 Å². The van der Waals surface area contributed by atoms with Crippen molar-refractivity contribution >= 4 is 0 Å². The molecule has 2 heterocycles. The Labute approximate surface area is 143 Å². The fourth-order valence-electron chi connectivity index (χ4n) is 3.45. The summed E-state index contributed by atoms with van der Waals surface area (Å²) in [4.78, 5) is 6.21. The molecule has 2 fully saturated rings. The zero-order valence-electron chi connectivity index (χ0n) is 13.5. The first kappa shape index (κ1) is 16.6. The molecule has 1 N–H and O–H groups in total. The molecule has 1 aromatic heterocycles. The second kappa shape index (κ2) is 6.14. The fraction of sp³-hybridized carbons (Fsp3) is 0.500. The van der Waals surface area contributed by atoms with Gasteiger partial charge in [0.1, 0.15) is 5.76 Å². The third kappa shape index (κ3) is 3.57. The van der Waals surface area contributed by atoms with Gasteiger partial charge in [-0.1, -0.05) is 12.1 Å². The highest BCUT2D eigenvalue weighted by molar-refractivity contribution is 5.29. The number of aliphatic hydroxyl groups excluding tert-OH is 1. The largest absolute Gasteiger partial charge is 0.444 e. The van der Waals surface area contributed by atoms with E-state index in [1.807, 2.05) is 4.90 Å².